The molecule has 1 atom stereocenters. The molecule has 0 spiro atoms. The van der Waals surface area contributed by atoms with Gasteiger partial charge in [-0.1, -0.05) is 37.8 Å². The highest BCUT2D eigenvalue weighted by Gasteiger charge is 2.14. The molecular formula is C17H29ClN2O. The van der Waals surface area contributed by atoms with Crippen molar-refractivity contribution in [3.63, 3.8) is 0 Å². The SMILES string of the molecule is C=C1CC#CCCNCOCC1CCN(Cl)CCCCC. The van der Waals surface area contributed by atoms with Gasteiger partial charge in [0.15, 0.2) is 0 Å². The molecule has 21 heavy (non-hydrogen) atoms. The van der Waals surface area contributed by atoms with Gasteiger partial charge in [-0.2, -0.15) is 0 Å². The van der Waals surface area contributed by atoms with Crippen LogP contribution < -0.4 is 5.32 Å². The summed E-state index contributed by atoms with van der Waals surface area (Å²) in [6.07, 6.45) is 6.25. The highest BCUT2D eigenvalue weighted by Crippen LogP contribution is 2.19. The highest BCUT2D eigenvalue weighted by molar-refractivity contribution is 6.13. The Balaban J connectivity index is 2.36. The molecule has 120 valence electrons. The molecule has 1 aliphatic heterocycles. The second-order valence-electron chi connectivity index (χ2n) is 5.56. The molecule has 1 aliphatic rings. The van der Waals surface area contributed by atoms with Gasteiger partial charge in [0.05, 0.1) is 13.3 Å². The molecule has 0 fully saturated rings. The van der Waals surface area contributed by atoms with Crippen LogP contribution in [0.25, 0.3) is 0 Å². The fourth-order valence-electron chi connectivity index (χ4n) is 2.25. The van der Waals surface area contributed by atoms with Crippen LogP contribution in [0.1, 0.15) is 45.4 Å². The number of unbranched alkanes of at least 4 members (excludes halogenated alkanes) is 2. The van der Waals surface area contributed by atoms with Gasteiger partial charge in [0, 0.05) is 38.4 Å². The molecule has 1 heterocycles. The van der Waals surface area contributed by atoms with Crippen molar-refractivity contribution in [1.29, 1.82) is 0 Å². The van der Waals surface area contributed by atoms with E-state index in [-0.39, 0.29) is 0 Å². The normalized spacial score (nSPS) is 20.7. The van der Waals surface area contributed by atoms with Crippen LogP contribution in [-0.2, 0) is 4.74 Å². The van der Waals surface area contributed by atoms with E-state index < -0.39 is 0 Å². The number of halogens is 1. The number of hydrogen-bond acceptors (Lipinski definition) is 3. The van der Waals surface area contributed by atoms with Crippen LogP contribution in [-0.4, -0.2) is 37.4 Å². The zero-order valence-electron chi connectivity index (χ0n) is 13.3. The summed E-state index contributed by atoms with van der Waals surface area (Å²) in [5.41, 5.74) is 1.17. The Bertz CT molecular complexity index is 348. The average Bonchev–Trinajstić information content (AvgIpc) is 2.52. The van der Waals surface area contributed by atoms with E-state index >= 15 is 0 Å². The first-order valence-electron chi connectivity index (χ1n) is 8.06. The summed E-state index contributed by atoms with van der Waals surface area (Å²) < 4.78 is 7.59. The maximum Gasteiger partial charge on any atom is 0.0965 e. The molecule has 1 N–H and O–H groups in total. The standard InChI is InChI=1S/C17H29ClN2O/c1-3-4-8-12-20(18)13-10-17-14-21-15-19-11-7-5-6-9-16(17)2/h17,19H,2-4,7-15H2,1H3. The van der Waals surface area contributed by atoms with Crippen LogP contribution in [0.2, 0.25) is 0 Å². The topological polar surface area (TPSA) is 24.5 Å². The fourth-order valence-corrected chi connectivity index (χ4v) is 2.47. The second-order valence-corrected chi connectivity index (χ2v) is 6.03. The van der Waals surface area contributed by atoms with Crippen molar-refractivity contribution in [2.75, 3.05) is 33.0 Å². The van der Waals surface area contributed by atoms with Gasteiger partial charge in [-0.05, 0) is 24.6 Å². The third-order valence-electron chi connectivity index (χ3n) is 3.69. The van der Waals surface area contributed by atoms with Crippen LogP contribution in [0.5, 0.6) is 0 Å². The van der Waals surface area contributed by atoms with Gasteiger partial charge in [-0.3, -0.25) is 5.32 Å². The summed E-state index contributed by atoms with van der Waals surface area (Å²) >= 11 is 6.26. The Morgan fingerprint density at radius 2 is 2.24 bits per heavy atom. The van der Waals surface area contributed by atoms with Gasteiger partial charge < -0.3 is 4.74 Å². The minimum atomic E-state index is 0.339. The average molecular weight is 313 g/mol. The zero-order valence-corrected chi connectivity index (χ0v) is 14.1. The Morgan fingerprint density at radius 1 is 1.38 bits per heavy atom. The third kappa shape index (κ3) is 9.16. The molecule has 0 aromatic heterocycles. The van der Waals surface area contributed by atoms with Crippen molar-refractivity contribution in [1.82, 2.24) is 9.74 Å². The van der Waals surface area contributed by atoms with Gasteiger partial charge in [-0.15, -0.1) is 5.92 Å². The van der Waals surface area contributed by atoms with Crippen molar-refractivity contribution >= 4 is 11.8 Å². The third-order valence-corrected chi connectivity index (χ3v) is 4.03. The van der Waals surface area contributed by atoms with Crippen LogP contribution >= 0.6 is 11.8 Å². The molecule has 0 aromatic carbocycles. The summed E-state index contributed by atoms with van der Waals surface area (Å²) in [4.78, 5) is 0. The first-order chi connectivity index (χ1) is 10.2. The van der Waals surface area contributed by atoms with E-state index in [1.165, 1.54) is 18.4 Å². The van der Waals surface area contributed by atoms with Gasteiger partial charge in [-0.25, -0.2) is 4.42 Å². The number of rotatable bonds is 7. The fraction of sp³-hybridized carbons (Fsp3) is 0.765. The number of ether oxygens (including phenoxy) is 1. The Hall–Kier alpha value is -0.530. The maximum absolute atomic E-state index is 6.26. The molecule has 4 heteroatoms. The molecule has 0 bridgehead atoms. The molecule has 0 saturated carbocycles. The molecule has 0 amide bonds. The molecule has 0 saturated heterocycles. The summed E-state index contributed by atoms with van der Waals surface area (Å²) in [6.45, 7) is 10.4. The monoisotopic (exact) mass is 312 g/mol. The Labute approximate surface area is 135 Å². The van der Waals surface area contributed by atoms with Crippen LogP contribution in [0.3, 0.4) is 0 Å². The van der Waals surface area contributed by atoms with Gasteiger partial charge >= 0.3 is 0 Å². The van der Waals surface area contributed by atoms with Crippen LogP contribution in [0, 0.1) is 17.8 Å². The van der Waals surface area contributed by atoms with Crippen LogP contribution in [0.4, 0.5) is 0 Å². The van der Waals surface area contributed by atoms with Crippen molar-refractivity contribution in [3.05, 3.63) is 12.2 Å². The maximum atomic E-state index is 6.26. The van der Waals surface area contributed by atoms with Gasteiger partial charge in [0.25, 0.3) is 0 Å². The summed E-state index contributed by atoms with van der Waals surface area (Å²) in [5.74, 6) is 6.71. The molecule has 0 radical (unpaired) electrons. The van der Waals surface area contributed by atoms with E-state index in [1.807, 2.05) is 4.42 Å². The van der Waals surface area contributed by atoms with E-state index in [2.05, 4.69) is 30.7 Å². The van der Waals surface area contributed by atoms with Gasteiger partial charge in [0.1, 0.15) is 0 Å². The first-order valence-corrected chi connectivity index (χ1v) is 8.40. The van der Waals surface area contributed by atoms with Crippen molar-refractivity contribution in [3.8, 4) is 11.8 Å². The second kappa shape index (κ2) is 12.1. The van der Waals surface area contributed by atoms with E-state index in [0.29, 0.717) is 19.3 Å². The number of nitrogens with zero attached hydrogens (tertiary/aromatic N) is 1. The summed E-state index contributed by atoms with van der Waals surface area (Å²) in [5, 5.41) is 3.23. The first kappa shape index (κ1) is 18.5. The Kier molecular flexibility index (Phi) is 10.6. The summed E-state index contributed by atoms with van der Waals surface area (Å²) in [7, 11) is 0. The molecule has 1 unspecified atom stereocenters. The van der Waals surface area contributed by atoms with Crippen molar-refractivity contribution < 1.29 is 4.74 Å². The number of hydrogen-bond donors (Lipinski definition) is 1. The lowest BCUT2D eigenvalue weighted by molar-refractivity contribution is 0.0907. The van der Waals surface area contributed by atoms with Crippen molar-refractivity contribution in [2.24, 2.45) is 5.92 Å². The highest BCUT2D eigenvalue weighted by atomic mass is 35.5. The minimum absolute atomic E-state index is 0.339. The lowest BCUT2D eigenvalue weighted by atomic mass is 9.95. The molecule has 1 rings (SSSR count). The van der Waals surface area contributed by atoms with Gasteiger partial charge in [0.2, 0.25) is 0 Å². The molecule has 0 aliphatic carbocycles. The quantitative estimate of drug-likeness (QED) is 0.337. The Morgan fingerprint density at radius 3 is 3.05 bits per heavy atom. The zero-order chi connectivity index (χ0) is 15.3. The lowest BCUT2D eigenvalue weighted by Gasteiger charge is -2.21. The predicted octanol–water partition coefficient (Wildman–Crippen LogP) is 3.56. The summed E-state index contributed by atoms with van der Waals surface area (Å²) in [6, 6.07) is 0. The van der Waals surface area contributed by atoms with E-state index in [4.69, 9.17) is 16.5 Å². The smallest absolute Gasteiger partial charge is 0.0965 e. The molecule has 3 nitrogen and oxygen atoms in total. The van der Waals surface area contributed by atoms with E-state index in [1.54, 1.807) is 0 Å². The molecular weight excluding hydrogens is 284 g/mol. The largest absolute Gasteiger partial charge is 0.366 e. The predicted molar refractivity (Wildman–Crippen MR) is 90.0 cm³/mol. The van der Waals surface area contributed by atoms with E-state index in [0.717, 1.165) is 45.3 Å². The van der Waals surface area contributed by atoms with Crippen LogP contribution in [0.15, 0.2) is 12.2 Å². The minimum Gasteiger partial charge on any atom is -0.366 e. The number of nitrogens with one attached hydrogen (secondary N) is 1. The van der Waals surface area contributed by atoms with E-state index in [9.17, 15) is 0 Å². The molecule has 0 aromatic rings. The lowest BCUT2D eigenvalue weighted by Crippen LogP contribution is -2.24. The van der Waals surface area contributed by atoms with Crippen molar-refractivity contribution in [2.45, 2.75) is 45.4 Å².